The zero-order valence-corrected chi connectivity index (χ0v) is 14.9. The fourth-order valence-electron chi connectivity index (χ4n) is 2.46. The summed E-state index contributed by atoms with van der Waals surface area (Å²) in [5, 5.41) is 0.585. The highest BCUT2D eigenvalue weighted by molar-refractivity contribution is 7.18. The largest absolute Gasteiger partial charge is 0.460 e. The topological polar surface area (TPSA) is 61.2 Å². The first-order valence-corrected chi connectivity index (χ1v) is 8.70. The lowest BCUT2D eigenvalue weighted by atomic mass is 10.2. The van der Waals surface area contributed by atoms with E-state index in [2.05, 4.69) is 4.98 Å². The van der Waals surface area contributed by atoms with Crippen molar-refractivity contribution in [3.8, 4) is 0 Å². The van der Waals surface area contributed by atoms with Gasteiger partial charge in [-0.2, -0.15) is 0 Å². The third-order valence-electron chi connectivity index (χ3n) is 3.91. The van der Waals surface area contributed by atoms with E-state index in [0.29, 0.717) is 10.2 Å². The Kier molecular flexibility index (Phi) is 5.09. The van der Waals surface area contributed by atoms with Gasteiger partial charge in [0.25, 0.3) is 5.56 Å². The molecule has 0 atom stereocenters. The minimum absolute atomic E-state index is 0.144. The summed E-state index contributed by atoms with van der Waals surface area (Å²) in [7, 11) is 0. The fourth-order valence-corrected chi connectivity index (χ4v) is 3.44. The van der Waals surface area contributed by atoms with Crippen molar-refractivity contribution in [2.24, 2.45) is 0 Å². The summed E-state index contributed by atoms with van der Waals surface area (Å²) >= 11 is 1.49. The van der Waals surface area contributed by atoms with Crippen molar-refractivity contribution in [3.63, 3.8) is 0 Å². The number of aryl methyl sites for hydroxylation is 2. The molecule has 1 aromatic carbocycles. The van der Waals surface area contributed by atoms with Gasteiger partial charge in [-0.05, 0) is 31.1 Å². The summed E-state index contributed by atoms with van der Waals surface area (Å²) in [6.45, 7) is 3.87. The number of carbonyl (C=O) groups is 1. The molecule has 0 fully saturated rings. The van der Waals surface area contributed by atoms with E-state index in [0.717, 1.165) is 16.0 Å². The number of nitrogens with zero attached hydrogens (tertiary/aromatic N) is 2. The Morgan fingerprint density at radius 3 is 2.80 bits per heavy atom. The Bertz CT molecular complexity index is 987. The number of aromatic nitrogens is 2. The molecule has 0 aliphatic heterocycles. The smallest absolute Gasteiger partial charge is 0.326 e. The van der Waals surface area contributed by atoms with Crippen molar-refractivity contribution in [3.05, 3.63) is 69.1 Å². The maximum Gasteiger partial charge on any atom is 0.326 e. The SMILES string of the molecule is Cc1sc2ncn(CC(=O)OC/C=C/c3ccccc3)c(=O)c2c1C. The van der Waals surface area contributed by atoms with Gasteiger partial charge < -0.3 is 4.74 Å². The molecule has 2 heterocycles. The van der Waals surface area contributed by atoms with Gasteiger partial charge in [0.05, 0.1) is 11.7 Å². The number of esters is 1. The summed E-state index contributed by atoms with van der Waals surface area (Å²) in [5.41, 5.74) is 1.75. The predicted octanol–water partition coefficient (Wildman–Crippen LogP) is 3.33. The number of rotatable bonds is 5. The lowest BCUT2D eigenvalue weighted by Gasteiger charge is -2.05. The van der Waals surface area contributed by atoms with E-state index in [1.54, 1.807) is 6.08 Å². The minimum atomic E-state index is -0.467. The van der Waals surface area contributed by atoms with Gasteiger partial charge in [0.15, 0.2) is 0 Å². The summed E-state index contributed by atoms with van der Waals surface area (Å²) in [5.74, 6) is -0.467. The van der Waals surface area contributed by atoms with Crippen LogP contribution in [0.1, 0.15) is 16.0 Å². The molecule has 2 aromatic heterocycles. The van der Waals surface area contributed by atoms with Gasteiger partial charge in [0.1, 0.15) is 18.0 Å². The molecule has 0 bridgehead atoms. The average molecular weight is 354 g/mol. The number of ether oxygens (including phenoxy) is 1. The van der Waals surface area contributed by atoms with Crippen molar-refractivity contribution >= 4 is 33.6 Å². The van der Waals surface area contributed by atoms with Crippen molar-refractivity contribution in [2.75, 3.05) is 6.61 Å². The lowest BCUT2D eigenvalue weighted by molar-refractivity contribution is -0.143. The Balaban J connectivity index is 1.64. The van der Waals surface area contributed by atoms with Gasteiger partial charge in [0.2, 0.25) is 0 Å². The Morgan fingerprint density at radius 2 is 2.04 bits per heavy atom. The van der Waals surface area contributed by atoms with Crippen LogP contribution in [0.5, 0.6) is 0 Å². The van der Waals surface area contributed by atoms with E-state index >= 15 is 0 Å². The van der Waals surface area contributed by atoms with Gasteiger partial charge in [-0.15, -0.1) is 11.3 Å². The summed E-state index contributed by atoms with van der Waals surface area (Å²) in [6.07, 6.45) is 5.05. The fraction of sp³-hybridized carbons (Fsp3) is 0.211. The number of thiophene rings is 1. The molecular formula is C19H18N2O3S. The van der Waals surface area contributed by atoms with Crippen LogP contribution in [0.2, 0.25) is 0 Å². The molecule has 0 N–H and O–H groups in total. The molecule has 25 heavy (non-hydrogen) atoms. The molecule has 0 amide bonds. The molecule has 0 saturated heterocycles. The predicted molar refractivity (Wildman–Crippen MR) is 99.8 cm³/mol. The third-order valence-corrected chi connectivity index (χ3v) is 5.02. The molecule has 0 unspecified atom stereocenters. The van der Waals surface area contributed by atoms with Crippen LogP contribution in [-0.2, 0) is 16.1 Å². The third kappa shape index (κ3) is 3.85. The first-order valence-electron chi connectivity index (χ1n) is 7.88. The van der Waals surface area contributed by atoms with Crippen LogP contribution in [0.25, 0.3) is 16.3 Å². The molecule has 0 saturated carbocycles. The monoisotopic (exact) mass is 354 g/mol. The van der Waals surface area contributed by atoms with Crippen LogP contribution in [0.15, 0.2) is 47.5 Å². The van der Waals surface area contributed by atoms with Gasteiger partial charge >= 0.3 is 5.97 Å². The molecule has 0 aliphatic carbocycles. The Hall–Kier alpha value is -2.73. The highest BCUT2D eigenvalue weighted by atomic mass is 32.1. The second-order valence-electron chi connectivity index (χ2n) is 5.64. The molecule has 6 heteroatoms. The second-order valence-corrected chi connectivity index (χ2v) is 6.84. The number of hydrogen-bond acceptors (Lipinski definition) is 5. The minimum Gasteiger partial charge on any atom is -0.460 e. The molecule has 0 aliphatic rings. The maximum atomic E-state index is 12.5. The molecule has 3 rings (SSSR count). The van der Waals surface area contributed by atoms with E-state index in [-0.39, 0.29) is 18.7 Å². The Labute approximate surface area is 149 Å². The van der Waals surface area contributed by atoms with Crippen molar-refractivity contribution in [1.29, 1.82) is 0 Å². The number of fused-ring (bicyclic) bond motifs is 1. The average Bonchev–Trinajstić information content (AvgIpc) is 2.90. The number of hydrogen-bond donors (Lipinski definition) is 0. The number of carbonyl (C=O) groups excluding carboxylic acids is 1. The standard InChI is InChI=1S/C19H18N2O3S/c1-13-14(2)25-18-17(13)19(23)21(12-20-18)11-16(22)24-10-6-9-15-7-4-3-5-8-15/h3-9,12H,10-11H2,1-2H3/b9-6+. The van der Waals surface area contributed by atoms with Crippen molar-refractivity contribution < 1.29 is 9.53 Å². The van der Waals surface area contributed by atoms with E-state index in [1.165, 1.54) is 22.2 Å². The first-order chi connectivity index (χ1) is 12.1. The molecular weight excluding hydrogens is 336 g/mol. The van der Waals surface area contributed by atoms with Gasteiger partial charge in [-0.1, -0.05) is 36.4 Å². The lowest BCUT2D eigenvalue weighted by Crippen LogP contribution is -2.25. The Morgan fingerprint density at radius 1 is 1.28 bits per heavy atom. The molecule has 128 valence electrons. The van der Waals surface area contributed by atoms with Crippen LogP contribution in [0, 0.1) is 13.8 Å². The van der Waals surface area contributed by atoms with Gasteiger partial charge in [0, 0.05) is 4.88 Å². The van der Waals surface area contributed by atoms with Crippen LogP contribution in [0.3, 0.4) is 0 Å². The summed E-state index contributed by atoms with van der Waals surface area (Å²) in [4.78, 5) is 30.5. The highest BCUT2D eigenvalue weighted by Gasteiger charge is 2.13. The molecule has 3 aromatic rings. The zero-order chi connectivity index (χ0) is 17.8. The van der Waals surface area contributed by atoms with E-state index < -0.39 is 5.97 Å². The maximum absolute atomic E-state index is 12.5. The molecule has 5 nitrogen and oxygen atoms in total. The molecule has 0 radical (unpaired) electrons. The van der Waals surface area contributed by atoms with Gasteiger partial charge in [-0.3, -0.25) is 14.2 Å². The van der Waals surface area contributed by atoms with Crippen molar-refractivity contribution in [1.82, 2.24) is 9.55 Å². The normalized spacial score (nSPS) is 11.3. The zero-order valence-electron chi connectivity index (χ0n) is 14.1. The summed E-state index contributed by atoms with van der Waals surface area (Å²) in [6, 6.07) is 9.75. The first kappa shape index (κ1) is 17.1. The van der Waals surface area contributed by atoms with Crippen LogP contribution in [-0.4, -0.2) is 22.1 Å². The van der Waals surface area contributed by atoms with Crippen LogP contribution in [0.4, 0.5) is 0 Å². The van der Waals surface area contributed by atoms with Crippen LogP contribution < -0.4 is 5.56 Å². The molecule has 0 spiro atoms. The van der Waals surface area contributed by atoms with Gasteiger partial charge in [-0.25, -0.2) is 4.98 Å². The van der Waals surface area contributed by atoms with Crippen LogP contribution >= 0.6 is 11.3 Å². The summed E-state index contributed by atoms with van der Waals surface area (Å²) < 4.78 is 6.46. The second kappa shape index (κ2) is 7.44. The number of benzene rings is 1. The van der Waals surface area contributed by atoms with E-state index in [4.69, 9.17) is 4.74 Å². The highest BCUT2D eigenvalue weighted by Crippen LogP contribution is 2.25. The van der Waals surface area contributed by atoms with Crippen molar-refractivity contribution in [2.45, 2.75) is 20.4 Å². The quantitative estimate of drug-likeness (QED) is 0.660. The van der Waals surface area contributed by atoms with E-state index in [9.17, 15) is 9.59 Å². The van der Waals surface area contributed by atoms with E-state index in [1.807, 2.05) is 50.3 Å².